The van der Waals surface area contributed by atoms with Crippen LogP contribution in [0, 0.1) is 9.77 Å². The standard InChI is InChI=1S/C15H16FN3O2S2/c16-9-3-5-10(6-4-9)19-13(17)12(23-15(19)22)14(20)18-8-11-2-1-7-21-11/h3-6,11H,1-2,7-8,17H2,(H,18,20)/t11-/m1/s1. The molecule has 2 aromatic rings. The van der Waals surface area contributed by atoms with Gasteiger partial charge >= 0.3 is 0 Å². The van der Waals surface area contributed by atoms with Crippen LogP contribution in [0.3, 0.4) is 0 Å². The van der Waals surface area contributed by atoms with Gasteiger partial charge in [-0.1, -0.05) is 11.3 Å². The molecule has 0 saturated carbocycles. The lowest BCUT2D eigenvalue weighted by atomic mass is 10.2. The fraction of sp³-hybridized carbons (Fsp3) is 0.333. The van der Waals surface area contributed by atoms with E-state index in [1.54, 1.807) is 16.7 Å². The van der Waals surface area contributed by atoms with E-state index in [4.69, 9.17) is 22.7 Å². The number of nitrogens with zero attached hydrogens (tertiary/aromatic N) is 1. The van der Waals surface area contributed by atoms with Gasteiger partial charge < -0.3 is 15.8 Å². The molecule has 1 atom stereocenters. The second-order valence-corrected chi connectivity index (χ2v) is 6.88. The molecular weight excluding hydrogens is 337 g/mol. The van der Waals surface area contributed by atoms with Gasteiger partial charge in [-0.2, -0.15) is 0 Å². The Balaban J connectivity index is 1.80. The fourth-order valence-corrected chi connectivity index (χ4v) is 3.76. The first-order chi connectivity index (χ1) is 11.1. The lowest BCUT2D eigenvalue weighted by molar-refractivity contribution is 0.0861. The summed E-state index contributed by atoms with van der Waals surface area (Å²) in [6.07, 6.45) is 2.03. The number of benzene rings is 1. The van der Waals surface area contributed by atoms with E-state index in [1.807, 2.05) is 0 Å². The van der Waals surface area contributed by atoms with Crippen LogP contribution < -0.4 is 11.1 Å². The lowest BCUT2D eigenvalue weighted by Gasteiger charge is -2.10. The molecule has 122 valence electrons. The predicted molar refractivity (Wildman–Crippen MR) is 90.2 cm³/mol. The van der Waals surface area contributed by atoms with Gasteiger partial charge in [-0.15, -0.1) is 0 Å². The molecule has 8 heteroatoms. The molecule has 1 aliphatic rings. The topological polar surface area (TPSA) is 69.3 Å². The smallest absolute Gasteiger partial charge is 0.265 e. The van der Waals surface area contributed by atoms with Crippen LogP contribution in [0.25, 0.3) is 5.69 Å². The van der Waals surface area contributed by atoms with Crippen LogP contribution in [0.5, 0.6) is 0 Å². The number of nitrogens with two attached hydrogens (primary N) is 1. The number of amides is 1. The average Bonchev–Trinajstić information content (AvgIpc) is 3.14. The Morgan fingerprint density at radius 3 is 2.87 bits per heavy atom. The minimum atomic E-state index is -0.344. The lowest BCUT2D eigenvalue weighted by Crippen LogP contribution is -2.31. The average molecular weight is 353 g/mol. The molecule has 5 nitrogen and oxygen atoms in total. The van der Waals surface area contributed by atoms with Crippen molar-refractivity contribution in [1.82, 2.24) is 9.88 Å². The number of thiazole rings is 1. The Morgan fingerprint density at radius 2 is 2.22 bits per heavy atom. The van der Waals surface area contributed by atoms with E-state index in [0.717, 1.165) is 30.8 Å². The maximum atomic E-state index is 13.0. The molecule has 0 radical (unpaired) electrons. The number of rotatable bonds is 4. The van der Waals surface area contributed by atoms with Crippen molar-refractivity contribution in [3.63, 3.8) is 0 Å². The number of nitrogen functional groups attached to an aromatic ring is 1. The van der Waals surface area contributed by atoms with Gasteiger partial charge in [0.15, 0.2) is 3.95 Å². The number of aromatic nitrogens is 1. The summed E-state index contributed by atoms with van der Waals surface area (Å²) in [6.45, 7) is 1.20. The summed E-state index contributed by atoms with van der Waals surface area (Å²) in [4.78, 5) is 12.7. The van der Waals surface area contributed by atoms with Gasteiger partial charge in [0.1, 0.15) is 16.5 Å². The number of carbonyl (C=O) groups is 1. The van der Waals surface area contributed by atoms with Crippen molar-refractivity contribution >= 4 is 35.3 Å². The third-order valence-corrected chi connectivity index (χ3v) is 5.04. The van der Waals surface area contributed by atoms with Crippen molar-refractivity contribution < 1.29 is 13.9 Å². The largest absolute Gasteiger partial charge is 0.383 e. The van der Waals surface area contributed by atoms with Crippen molar-refractivity contribution in [2.24, 2.45) is 0 Å². The van der Waals surface area contributed by atoms with E-state index in [9.17, 15) is 9.18 Å². The Morgan fingerprint density at radius 1 is 1.48 bits per heavy atom. The first kappa shape index (κ1) is 16.1. The van der Waals surface area contributed by atoms with Crippen LogP contribution in [0.4, 0.5) is 10.2 Å². The fourth-order valence-electron chi connectivity index (χ4n) is 2.47. The second kappa shape index (κ2) is 6.77. The monoisotopic (exact) mass is 353 g/mol. The molecule has 2 heterocycles. The summed E-state index contributed by atoms with van der Waals surface area (Å²) in [5, 5.41) is 2.83. The second-order valence-electron chi connectivity index (χ2n) is 5.24. The Kier molecular flexibility index (Phi) is 4.74. The predicted octanol–water partition coefficient (Wildman–Crippen LogP) is 2.90. The van der Waals surface area contributed by atoms with Crippen LogP contribution >= 0.6 is 23.6 Å². The molecule has 1 aromatic heterocycles. The Hall–Kier alpha value is -1.77. The highest BCUT2D eigenvalue weighted by Gasteiger charge is 2.21. The summed E-state index contributed by atoms with van der Waals surface area (Å²) < 4.78 is 20.5. The van der Waals surface area contributed by atoms with E-state index in [1.165, 1.54) is 12.1 Å². The SMILES string of the molecule is Nc1c(C(=O)NC[C@H]2CCCO2)sc(=S)n1-c1ccc(F)cc1. The van der Waals surface area contributed by atoms with Gasteiger partial charge in [0.25, 0.3) is 5.91 Å². The molecule has 1 amide bonds. The van der Waals surface area contributed by atoms with E-state index >= 15 is 0 Å². The van der Waals surface area contributed by atoms with Gasteiger partial charge in [0.2, 0.25) is 0 Å². The zero-order valence-corrected chi connectivity index (χ0v) is 13.9. The van der Waals surface area contributed by atoms with Gasteiger partial charge in [0, 0.05) is 18.8 Å². The number of nitrogens with one attached hydrogen (secondary N) is 1. The van der Waals surface area contributed by atoms with Crippen LogP contribution in [0.1, 0.15) is 22.5 Å². The Bertz CT molecular complexity index is 764. The van der Waals surface area contributed by atoms with Crippen molar-refractivity contribution in [2.45, 2.75) is 18.9 Å². The normalized spacial score (nSPS) is 17.3. The van der Waals surface area contributed by atoms with Gasteiger partial charge in [-0.05, 0) is 49.3 Å². The quantitative estimate of drug-likeness (QED) is 0.830. The van der Waals surface area contributed by atoms with Crippen LogP contribution in [0.15, 0.2) is 24.3 Å². The summed E-state index contributed by atoms with van der Waals surface area (Å²) in [5.74, 6) is -0.352. The first-order valence-electron chi connectivity index (χ1n) is 7.23. The molecule has 0 aliphatic carbocycles. The van der Waals surface area contributed by atoms with Gasteiger partial charge in [0.05, 0.1) is 6.10 Å². The summed E-state index contributed by atoms with van der Waals surface area (Å²) >= 11 is 6.43. The van der Waals surface area contributed by atoms with Crippen LogP contribution in [-0.2, 0) is 4.74 Å². The number of ether oxygens (including phenoxy) is 1. The van der Waals surface area contributed by atoms with Gasteiger partial charge in [-0.25, -0.2) is 4.39 Å². The number of anilines is 1. The van der Waals surface area contributed by atoms with E-state index in [2.05, 4.69) is 5.32 Å². The minimum Gasteiger partial charge on any atom is -0.383 e. The molecular formula is C15H16FN3O2S2. The molecule has 3 N–H and O–H groups in total. The number of hydrogen-bond acceptors (Lipinski definition) is 5. The summed E-state index contributed by atoms with van der Waals surface area (Å²) in [7, 11) is 0. The maximum absolute atomic E-state index is 13.0. The van der Waals surface area contributed by atoms with E-state index < -0.39 is 0 Å². The number of hydrogen-bond donors (Lipinski definition) is 2. The van der Waals surface area contributed by atoms with Crippen LogP contribution in [-0.4, -0.2) is 29.7 Å². The molecule has 1 fully saturated rings. The van der Waals surface area contributed by atoms with Crippen molar-refractivity contribution in [1.29, 1.82) is 0 Å². The third kappa shape index (κ3) is 3.44. The number of halogens is 1. The van der Waals surface area contributed by atoms with Crippen molar-refractivity contribution in [3.05, 3.63) is 38.9 Å². The molecule has 1 aromatic carbocycles. The number of carbonyl (C=O) groups excluding carboxylic acids is 1. The molecule has 0 bridgehead atoms. The van der Waals surface area contributed by atoms with Crippen molar-refractivity contribution in [3.8, 4) is 5.69 Å². The van der Waals surface area contributed by atoms with E-state index in [0.29, 0.717) is 21.1 Å². The molecule has 0 spiro atoms. The van der Waals surface area contributed by atoms with Gasteiger partial charge in [-0.3, -0.25) is 9.36 Å². The zero-order chi connectivity index (χ0) is 16.4. The van der Waals surface area contributed by atoms with E-state index in [-0.39, 0.29) is 23.6 Å². The molecule has 3 rings (SSSR count). The Labute approximate surface area is 141 Å². The summed E-state index contributed by atoms with van der Waals surface area (Å²) in [6, 6.07) is 5.79. The zero-order valence-electron chi connectivity index (χ0n) is 12.3. The molecule has 23 heavy (non-hydrogen) atoms. The minimum absolute atomic E-state index is 0.0623. The highest BCUT2D eigenvalue weighted by Crippen LogP contribution is 2.26. The highest BCUT2D eigenvalue weighted by atomic mass is 32.1. The maximum Gasteiger partial charge on any atom is 0.265 e. The first-order valence-corrected chi connectivity index (χ1v) is 8.46. The molecule has 1 saturated heterocycles. The highest BCUT2D eigenvalue weighted by molar-refractivity contribution is 7.73. The third-order valence-electron chi connectivity index (χ3n) is 3.65. The summed E-state index contributed by atoms with van der Waals surface area (Å²) in [5.41, 5.74) is 6.71. The molecule has 1 aliphatic heterocycles. The molecule has 0 unspecified atom stereocenters. The van der Waals surface area contributed by atoms with Crippen LogP contribution in [0.2, 0.25) is 0 Å². The van der Waals surface area contributed by atoms with Crippen molar-refractivity contribution in [2.75, 3.05) is 18.9 Å².